The second-order valence-corrected chi connectivity index (χ2v) is 9.68. The van der Waals surface area contributed by atoms with Crippen LogP contribution in [0, 0.1) is 12.8 Å². The zero-order valence-corrected chi connectivity index (χ0v) is 20.1. The summed E-state index contributed by atoms with van der Waals surface area (Å²) in [6.07, 6.45) is -1.98. The predicted octanol–water partition coefficient (Wildman–Crippen LogP) is 3.76. The number of alkyl halides is 3. The lowest BCUT2D eigenvalue weighted by molar-refractivity contribution is -0.146. The summed E-state index contributed by atoms with van der Waals surface area (Å²) < 4.78 is 45.8. The van der Waals surface area contributed by atoms with Crippen LogP contribution in [-0.2, 0) is 6.18 Å². The van der Waals surface area contributed by atoms with Gasteiger partial charge < -0.3 is 20.5 Å². The summed E-state index contributed by atoms with van der Waals surface area (Å²) in [5.41, 5.74) is 7.47. The Balaban J connectivity index is 1.24. The number of halogens is 4. The van der Waals surface area contributed by atoms with Gasteiger partial charge in [-0.05, 0) is 49.9 Å². The first-order chi connectivity index (χ1) is 17.6. The molecule has 4 heterocycles. The third-order valence-corrected chi connectivity index (χ3v) is 7.34. The largest absolute Gasteiger partial charge is 0.452 e. The van der Waals surface area contributed by atoms with E-state index in [9.17, 15) is 18.0 Å². The van der Waals surface area contributed by atoms with Crippen molar-refractivity contribution in [3.8, 4) is 5.69 Å². The highest BCUT2D eigenvalue weighted by Gasteiger charge is 2.49. The second kappa shape index (κ2) is 8.33. The highest BCUT2D eigenvalue weighted by molar-refractivity contribution is 6.34. The van der Waals surface area contributed by atoms with Gasteiger partial charge in [0.05, 0.1) is 33.7 Å². The molecule has 6 rings (SSSR count). The maximum Gasteiger partial charge on any atom is 0.452 e. The Hall–Kier alpha value is -3.87. The third kappa shape index (κ3) is 3.84. The molecule has 192 valence electrons. The van der Waals surface area contributed by atoms with Crippen molar-refractivity contribution in [2.45, 2.75) is 38.0 Å². The predicted molar refractivity (Wildman–Crippen MR) is 127 cm³/mol. The number of nitrogens with one attached hydrogen (secondary N) is 1. The smallest absolute Gasteiger partial charge is 0.380 e. The van der Waals surface area contributed by atoms with Gasteiger partial charge in [0.2, 0.25) is 11.4 Å². The maximum absolute atomic E-state index is 13.2. The molecule has 1 aliphatic carbocycles. The van der Waals surface area contributed by atoms with Gasteiger partial charge in [-0.1, -0.05) is 16.8 Å². The first-order valence-corrected chi connectivity index (χ1v) is 11.9. The standard InChI is InChI=1S/C23H20ClF3N8O2/c1-10-6-14-18(37-33-19(14)28)20(30-10)34-8-11-2-5-16(34)17(11)31-21(36)13-4-3-12(7-15(13)24)35-9-29-32-22(35)23(25,26)27/h3-4,6-7,9,11,16-17H,2,5,8H2,1H3,(H2,28,33)(H,31,36)/t11-,16-,17+/m0/s1. The summed E-state index contributed by atoms with van der Waals surface area (Å²) >= 11 is 6.34. The molecule has 3 aromatic heterocycles. The van der Waals surface area contributed by atoms with Gasteiger partial charge in [-0.2, -0.15) is 13.2 Å². The van der Waals surface area contributed by atoms with Gasteiger partial charge in [-0.3, -0.25) is 9.36 Å². The molecule has 0 spiro atoms. The number of carbonyl (C=O) groups is 1. The van der Waals surface area contributed by atoms with E-state index >= 15 is 0 Å². The average Bonchev–Trinajstić information content (AvgIpc) is 3.63. The summed E-state index contributed by atoms with van der Waals surface area (Å²) in [6.45, 7) is 2.54. The Morgan fingerprint density at radius 1 is 1.27 bits per heavy atom. The fourth-order valence-electron chi connectivity index (χ4n) is 5.41. The summed E-state index contributed by atoms with van der Waals surface area (Å²) in [5.74, 6) is -0.483. The molecule has 0 radical (unpaired) electrons. The lowest BCUT2D eigenvalue weighted by Crippen LogP contribution is -2.44. The number of nitrogens with two attached hydrogens (primary N) is 1. The molecule has 1 aliphatic heterocycles. The molecule has 2 aliphatic rings. The zero-order chi connectivity index (χ0) is 26.1. The molecular weight excluding hydrogens is 513 g/mol. The van der Waals surface area contributed by atoms with Crippen LogP contribution in [0.2, 0.25) is 5.02 Å². The van der Waals surface area contributed by atoms with E-state index in [-0.39, 0.29) is 34.3 Å². The van der Waals surface area contributed by atoms with E-state index in [1.807, 2.05) is 13.0 Å². The van der Waals surface area contributed by atoms with Crippen LogP contribution in [0.5, 0.6) is 0 Å². The number of benzene rings is 1. The summed E-state index contributed by atoms with van der Waals surface area (Å²) in [5, 5.41) is 14.1. The summed E-state index contributed by atoms with van der Waals surface area (Å²) in [6, 6.07) is 5.67. The Morgan fingerprint density at radius 2 is 2.08 bits per heavy atom. The van der Waals surface area contributed by atoms with Crippen molar-refractivity contribution in [1.82, 2.24) is 30.2 Å². The lowest BCUT2D eigenvalue weighted by Gasteiger charge is -2.28. The Kier molecular flexibility index (Phi) is 5.30. The number of pyridine rings is 1. The molecule has 3 atom stereocenters. The SMILES string of the molecule is Cc1cc2c(N)noc2c(N2C[C@@H]3CC[C@H]2[C@@H]3NC(=O)c2ccc(-n3cnnc3C(F)(F)F)cc2Cl)n1. The molecule has 2 fully saturated rings. The Bertz CT molecular complexity index is 1530. The fraction of sp³-hybridized carbons (Fsp3) is 0.348. The quantitative estimate of drug-likeness (QED) is 0.406. The van der Waals surface area contributed by atoms with Crippen molar-refractivity contribution in [3.63, 3.8) is 0 Å². The van der Waals surface area contributed by atoms with Crippen LogP contribution in [0.3, 0.4) is 0 Å². The minimum absolute atomic E-state index is 0.0122. The van der Waals surface area contributed by atoms with E-state index in [0.29, 0.717) is 29.1 Å². The number of nitrogens with zero attached hydrogens (tertiary/aromatic N) is 6. The van der Waals surface area contributed by atoms with E-state index < -0.39 is 17.9 Å². The van der Waals surface area contributed by atoms with Crippen molar-refractivity contribution < 1.29 is 22.5 Å². The van der Waals surface area contributed by atoms with Gasteiger partial charge in [0.15, 0.2) is 11.6 Å². The molecule has 1 aromatic carbocycles. The van der Waals surface area contributed by atoms with E-state index in [1.54, 1.807) is 0 Å². The molecule has 3 N–H and O–H groups in total. The normalized spacial score (nSPS) is 21.2. The number of carbonyl (C=O) groups excluding carboxylic acids is 1. The van der Waals surface area contributed by atoms with Crippen molar-refractivity contribution in [2.24, 2.45) is 5.92 Å². The minimum Gasteiger partial charge on any atom is -0.380 e. The number of fused-ring (bicyclic) bond motifs is 3. The van der Waals surface area contributed by atoms with E-state index in [0.717, 1.165) is 29.4 Å². The van der Waals surface area contributed by atoms with Gasteiger partial charge in [-0.25, -0.2) is 4.98 Å². The average molecular weight is 533 g/mol. The molecule has 1 saturated heterocycles. The van der Waals surface area contributed by atoms with Crippen molar-refractivity contribution in [1.29, 1.82) is 0 Å². The number of hydrogen-bond acceptors (Lipinski definition) is 8. The second-order valence-electron chi connectivity index (χ2n) is 9.27. The lowest BCUT2D eigenvalue weighted by atomic mass is 10.1. The van der Waals surface area contributed by atoms with Crippen LogP contribution in [0.1, 0.15) is 34.7 Å². The highest BCUT2D eigenvalue weighted by Crippen LogP contribution is 2.43. The number of hydrogen-bond donors (Lipinski definition) is 2. The molecule has 37 heavy (non-hydrogen) atoms. The van der Waals surface area contributed by atoms with Crippen LogP contribution >= 0.6 is 11.6 Å². The molecule has 1 saturated carbocycles. The van der Waals surface area contributed by atoms with Gasteiger partial charge >= 0.3 is 6.18 Å². The number of aromatic nitrogens is 5. The van der Waals surface area contributed by atoms with Gasteiger partial charge in [0, 0.05) is 12.2 Å². The number of anilines is 2. The summed E-state index contributed by atoms with van der Waals surface area (Å²) in [4.78, 5) is 20.0. The number of rotatable bonds is 4. The van der Waals surface area contributed by atoms with Crippen LogP contribution in [0.4, 0.5) is 24.8 Å². The number of piperidine rings is 1. The van der Waals surface area contributed by atoms with Crippen molar-refractivity contribution >= 4 is 40.1 Å². The number of nitrogen functional groups attached to an aromatic ring is 1. The van der Waals surface area contributed by atoms with Crippen LogP contribution < -0.4 is 16.0 Å². The molecule has 4 aromatic rings. The maximum atomic E-state index is 13.2. The van der Waals surface area contributed by atoms with Crippen LogP contribution in [0.15, 0.2) is 35.1 Å². The van der Waals surface area contributed by atoms with E-state index in [2.05, 4.69) is 30.6 Å². The monoisotopic (exact) mass is 532 g/mol. The first kappa shape index (κ1) is 23.5. The zero-order valence-electron chi connectivity index (χ0n) is 19.3. The van der Waals surface area contributed by atoms with E-state index in [1.165, 1.54) is 18.2 Å². The van der Waals surface area contributed by atoms with Gasteiger partial charge in [-0.15, -0.1) is 10.2 Å². The highest BCUT2D eigenvalue weighted by atomic mass is 35.5. The number of amides is 1. The molecule has 1 amide bonds. The Labute approximate surface area is 212 Å². The third-order valence-electron chi connectivity index (χ3n) is 7.03. The Morgan fingerprint density at radius 3 is 2.84 bits per heavy atom. The van der Waals surface area contributed by atoms with Crippen molar-refractivity contribution in [2.75, 3.05) is 17.2 Å². The van der Waals surface area contributed by atoms with Crippen LogP contribution in [-0.4, -0.2) is 49.4 Å². The van der Waals surface area contributed by atoms with Crippen LogP contribution in [0.25, 0.3) is 16.7 Å². The molecule has 2 bridgehead atoms. The summed E-state index contributed by atoms with van der Waals surface area (Å²) in [7, 11) is 0. The minimum atomic E-state index is -4.69. The molecule has 0 unspecified atom stereocenters. The van der Waals surface area contributed by atoms with Crippen molar-refractivity contribution in [3.05, 3.63) is 52.7 Å². The molecule has 10 nitrogen and oxygen atoms in total. The topological polar surface area (TPSA) is 128 Å². The number of aryl methyl sites for hydroxylation is 1. The van der Waals surface area contributed by atoms with Gasteiger partial charge in [0.1, 0.15) is 6.33 Å². The first-order valence-electron chi connectivity index (χ1n) is 11.5. The van der Waals surface area contributed by atoms with E-state index in [4.69, 9.17) is 21.9 Å². The molecule has 14 heteroatoms. The van der Waals surface area contributed by atoms with Gasteiger partial charge in [0.25, 0.3) is 5.91 Å². The fourth-order valence-corrected chi connectivity index (χ4v) is 5.67. The molecular formula is C23H20ClF3N8O2.